The van der Waals surface area contributed by atoms with Crippen LogP contribution in [0.1, 0.15) is 28.8 Å². The van der Waals surface area contributed by atoms with Gasteiger partial charge in [0.05, 0.1) is 22.6 Å². The molecule has 2 N–H and O–H groups in total. The van der Waals surface area contributed by atoms with E-state index in [2.05, 4.69) is 26.6 Å². The lowest BCUT2D eigenvalue weighted by Crippen LogP contribution is -2.28. The molecule has 1 aliphatic carbocycles. The maximum atomic E-state index is 12.9. The molecule has 1 saturated carbocycles. The highest BCUT2D eigenvalue weighted by molar-refractivity contribution is 9.10. The molecule has 1 fully saturated rings. The first-order valence-electron chi connectivity index (χ1n) is 8.60. The summed E-state index contributed by atoms with van der Waals surface area (Å²) in [5.74, 6) is -0.336. The molecule has 3 rings (SSSR count). The van der Waals surface area contributed by atoms with E-state index in [0.717, 1.165) is 22.9 Å². The number of carbonyl (C=O) groups excluding carboxylic acids is 2. The van der Waals surface area contributed by atoms with Gasteiger partial charge in [0.25, 0.3) is 5.91 Å². The molecule has 1 aliphatic rings. The van der Waals surface area contributed by atoms with Gasteiger partial charge in [-0.3, -0.25) is 9.59 Å². The second kappa shape index (κ2) is 8.42. The van der Waals surface area contributed by atoms with Crippen molar-refractivity contribution in [1.82, 2.24) is 5.32 Å². The number of hydrogen-bond acceptors (Lipinski definition) is 3. The molecule has 0 heterocycles. The van der Waals surface area contributed by atoms with Gasteiger partial charge in [0.2, 0.25) is 5.91 Å². The molecule has 0 aromatic heterocycles. The highest BCUT2D eigenvalue weighted by Crippen LogP contribution is 2.49. The molecule has 2 amide bonds. The Bertz CT molecular complexity index is 868. The van der Waals surface area contributed by atoms with Crippen LogP contribution in [0.5, 0.6) is 0 Å². The fraction of sp³-hybridized carbons (Fsp3) is 0.300. The molecule has 142 valence electrons. The number of hydrogen-bond donors (Lipinski definition) is 2. The van der Waals surface area contributed by atoms with Crippen molar-refractivity contribution in [2.24, 2.45) is 0 Å². The first kappa shape index (κ1) is 19.9. The average Bonchev–Trinajstić information content (AvgIpc) is 3.44. The number of rotatable bonds is 7. The van der Waals surface area contributed by atoms with E-state index in [-0.39, 0.29) is 16.8 Å². The highest BCUT2D eigenvalue weighted by atomic mass is 79.9. The van der Waals surface area contributed by atoms with Crippen molar-refractivity contribution in [2.75, 3.05) is 25.6 Å². The zero-order valence-electron chi connectivity index (χ0n) is 14.9. The Kier molecular flexibility index (Phi) is 6.19. The summed E-state index contributed by atoms with van der Waals surface area (Å²) in [4.78, 5) is 25.0. The molecule has 0 saturated heterocycles. The van der Waals surface area contributed by atoms with Crippen molar-refractivity contribution in [2.45, 2.75) is 18.3 Å². The third kappa shape index (κ3) is 4.51. The molecule has 0 atom stereocenters. The van der Waals surface area contributed by atoms with Gasteiger partial charge in [0.15, 0.2) is 0 Å². The SMILES string of the molecule is COCCNC(=O)c1ccc(NC(=O)C2(c3cccc(Br)c3)CC2)cc1Cl. The van der Waals surface area contributed by atoms with Crippen LogP contribution in [0.4, 0.5) is 5.69 Å². The van der Waals surface area contributed by atoms with E-state index in [9.17, 15) is 9.59 Å². The van der Waals surface area contributed by atoms with Gasteiger partial charge in [-0.2, -0.15) is 0 Å². The van der Waals surface area contributed by atoms with Gasteiger partial charge in [0, 0.05) is 23.8 Å². The number of carbonyl (C=O) groups is 2. The van der Waals surface area contributed by atoms with E-state index < -0.39 is 5.41 Å². The molecule has 7 heteroatoms. The average molecular weight is 452 g/mol. The number of amides is 2. The molecular weight excluding hydrogens is 432 g/mol. The molecular formula is C20H20BrClN2O3. The van der Waals surface area contributed by atoms with Gasteiger partial charge < -0.3 is 15.4 Å². The highest BCUT2D eigenvalue weighted by Gasteiger charge is 2.51. The van der Waals surface area contributed by atoms with E-state index in [1.54, 1.807) is 25.3 Å². The molecule has 0 aliphatic heterocycles. The zero-order valence-corrected chi connectivity index (χ0v) is 17.2. The molecule has 27 heavy (non-hydrogen) atoms. The zero-order chi connectivity index (χ0) is 19.4. The van der Waals surface area contributed by atoms with Crippen molar-refractivity contribution in [3.63, 3.8) is 0 Å². The van der Waals surface area contributed by atoms with Gasteiger partial charge in [-0.25, -0.2) is 0 Å². The van der Waals surface area contributed by atoms with Crippen molar-refractivity contribution in [3.8, 4) is 0 Å². The quantitative estimate of drug-likeness (QED) is 0.622. The monoisotopic (exact) mass is 450 g/mol. The number of halogens is 2. The summed E-state index contributed by atoms with van der Waals surface area (Å²) >= 11 is 9.70. The van der Waals surface area contributed by atoms with E-state index in [1.165, 1.54) is 0 Å². The van der Waals surface area contributed by atoms with Gasteiger partial charge in [-0.15, -0.1) is 0 Å². The minimum absolute atomic E-state index is 0.0611. The third-order valence-corrected chi connectivity index (χ3v) is 5.43. The van der Waals surface area contributed by atoms with E-state index >= 15 is 0 Å². The summed E-state index contributed by atoms with van der Waals surface area (Å²) in [6.07, 6.45) is 1.62. The van der Waals surface area contributed by atoms with Crippen molar-refractivity contribution in [3.05, 3.63) is 63.1 Å². The lowest BCUT2D eigenvalue weighted by atomic mass is 9.95. The Hall–Kier alpha value is -1.89. The lowest BCUT2D eigenvalue weighted by Gasteiger charge is -2.17. The van der Waals surface area contributed by atoms with E-state index in [4.69, 9.17) is 16.3 Å². The van der Waals surface area contributed by atoms with Gasteiger partial charge >= 0.3 is 0 Å². The Morgan fingerprint density at radius 2 is 2.00 bits per heavy atom. The maximum Gasteiger partial charge on any atom is 0.252 e. The van der Waals surface area contributed by atoms with Crippen LogP contribution in [-0.4, -0.2) is 32.1 Å². The number of benzene rings is 2. The fourth-order valence-corrected chi connectivity index (χ4v) is 3.61. The van der Waals surface area contributed by atoms with Gasteiger partial charge in [0.1, 0.15) is 0 Å². The van der Waals surface area contributed by atoms with Crippen LogP contribution in [-0.2, 0) is 14.9 Å². The summed E-state index contributed by atoms with van der Waals surface area (Å²) in [6, 6.07) is 12.7. The summed E-state index contributed by atoms with van der Waals surface area (Å²) < 4.78 is 5.85. The topological polar surface area (TPSA) is 67.4 Å². The van der Waals surface area contributed by atoms with Crippen LogP contribution >= 0.6 is 27.5 Å². The van der Waals surface area contributed by atoms with Crippen molar-refractivity contribution in [1.29, 1.82) is 0 Å². The standard InChI is InChI=1S/C20H20BrClN2O3/c1-27-10-9-23-18(25)16-6-5-15(12-17(16)22)24-19(26)20(7-8-20)13-3-2-4-14(21)11-13/h2-6,11-12H,7-10H2,1H3,(H,23,25)(H,24,26). The van der Waals surface area contributed by atoms with E-state index in [0.29, 0.717) is 24.4 Å². The number of methoxy groups -OCH3 is 1. The van der Waals surface area contributed by atoms with Crippen LogP contribution in [0.15, 0.2) is 46.9 Å². The predicted molar refractivity (Wildman–Crippen MR) is 109 cm³/mol. The van der Waals surface area contributed by atoms with E-state index in [1.807, 2.05) is 24.3 Å². The fourth-order valence-electron chi connectivity index (χ4n) is 2.95. The number of nitrogens with one attached hydrogen (secondary N) is 2. The summed E-state index contributed by atoms with van der Waals surface area (Å²) in [7, 11) is 1.57. The number of ether oxygens (including phenoxy) is 1. The third-order valence-electron chi connectivity index (χ3n) is 4.63. The summed E-state index contributed by atoms with van der Waals surface area (Å²) in [6.45, 7) is 0.828. The van der Waals surface area contributed by atoms with Crippen molar-refractivity contribution < 1.29 is 14.3 Å². The second-order valence-corrected chi connectivity index (χ2v) is 7.81. The Morgan fingerprint density at radius 3 is 2.63 bits per heavy atom. The van der Waals surface area contributed by atoms with Crippen LogP contribution < -0.4 is 10.6 Å². The van der Waals surface area contributed by atoms with Gasteiger partial charge in [-0.05, 0) is 48.7 Å². The molecule has 0 unspecified atom stereocenters. The van der Waals surface area contributed by atoms with Crippen molar-refractivity contribution >= 4 is 45.0 Å². The molecule has 2 aromatic rings. The normalized spacial score (nSPS) is 14.5. The predicted octanol–water partition coefficient (Wildman–Crippen LogP) is 4.15. The molecule has 0 radical (unpaired) electrons. The minimum atomic E-state index is -0.494. The van der Waals surface area contributed by atoms with Gasteiger partial charge in [-0.1, -0.05) is 39.7 Å². The summed E-state index contributed by atoms with van der Waals surface area (Å²) in [5.41, 5.74) is 1.43. The molecule has 0 spiro atoms. The smallest absolute Gasteiger partial charge is 0.252 e. The second-order valence-electron chi connectivity index (χ2n) is 6.49. The molecule has 2 aromatic carbocycles. The Labute approximate surface area is 171 Å². The Balaban J connectivity index is 1.70. The first-order valence-corrected chi connectivity index (χ1v) is 9.77. The molecule has 0 bridgehead atoms. The van der Waals surface area contributed by atoms with Crippen LogP contribution in [0, 0.1) is 0 Å². The first-order chi connectivity index (χ1) is 13.0. The van der Waals surface area contributed by atoms with Crippen LogP contribution in [0.2, 0.25) is 5.02 Å². The van der Waals surface area contributed by atoms with Crippen LogP contribution in [0.3, 0.4) is 0 Å². The number of anilines is 1. The lowest BCUT2D eigenvalue weighted by molar-refractivity contribution is -0.118. The summed E-state index contributed by atoms with van der Waals surface area (Å²) in [5, 5.41) is 5.94. The largest absolute Gasteiger partial charge is 0.383 e. The minimum Gasteiger partial charge on any atom is -0.383 e. The Morgan fingerprint density at radius 1 is 1.22 bits per heavy atom. The maximum absolute atomic E-state index is 12.9. The van der Waals surface area contributed by atoms with Crippen LogP contribution in [0.25, 0.3) is 0 Å². The molecule has 5 nitrogen and oxygen atoms in total.